The molecule has 0 aliphatic rings. The summed E-state index contributed by atoms with van der Waals surface area (Å²) < 4.78 is 0. The second-order valence-electron chi connectivity index (χ2n) is 4.71. The van der Waals surface area contributed by atoms with Gasteiger partial charge in [0, 0.05) is 0 Å². The minimum absolute atomic E-state index is 1.29. The quantitative estimate of drug-likeness (QED) is 0.512. The molecule has 3 aromatic carbocycles. The zero-order valence-corrected chi connectivity index (χ0v) is 13.0. The van der Waals surface area contributed by atoms with Gasteiger partial charge in [0.2, 0.25) is 0 Å². The van der Waals surface area contributed by atoms with Crippen molar-refractivity contribution in [2.24, 2.45) is 0 Å². The predicted molar refractivity (Wildman–Crippen MR) is 87.9 cm³/mol. The van der Waals surface area contributed by atoms with Gasteiger partial charge >= 0.3 is 128 Å². The van der Waals surface area contributed by atoms with Crippen LogP contribution in [0.4, 0.5) is 0 Å². The van der Waals surface area contributed by atoms with E-state index in [0.717, 1.165) is 0 Å². The second kappa shape index (κ2) is 5.94. The number of hydrogen-bond acceptors (Lipinski definition) is 0. The molecule has 2 heteroatoms. The van der Waals surface area contributed by atoms with E-state index < -0.39 is 5.95 Å². The Morgan fingerprint density at radius 1 is 0.450 bits per heavy atom. The molecule has 0 nitrogen and oxygen atoms in total. The van der Waals surface area contributed by atoms with Gasteiger partial charge in [-0.2, -0.15) is 0 Å². The van der Waals surface area contributed by atoms with Crippen molar-refractivity contribution in [1.82, 2.24) is 0 Å². The second-order valence-corrected chi connectivity index (χ2v) is 9.89. The summed E-state index contributed by atoms with van der Waals surface area (Å²) >= 11 is 5.86. The molecule has 0 N–H and O–H groups in total. The Bertz CT molecular complexity index is 569. The van der Waals surface area contributed by atoms with E-state index in [-0.39, 0.29) is 0 Å². The Morgan fingerprint density at radius 3 is 0.950 bits per heavy atom. The van der Waals surface area contributed by atoms with Gasteiger partial charge < -0.3 is 0 Å². The van der Waals surface area contributed by atoms with E-state index in [1.807, 2.05) is 18.2 Å². The van der Waals surface area contributed by atoms with E-state index in [1.165, 1.54) is 15.9 Å². The van der Waals surface area contributed by atoms with Gasteiger partial charge in [0.25, 0.3) is 0 Å². The van der Waals surface area contributed by atoms with Crippen LogP contribution in [0.2, 0.25) is 0 Å². The van der Waals surface area contributed by atoms with E-state index in [2.05, 4.69) is 72.8 Å². The van der Waals surface area contributed by atoms with E-state index in [1.54, 1.807) is 0 Å². The number of benzene rings is 3. The number of hydrogen-bond donors (Lipinski definition) is 0. The minimum atomic E-state index is -2.25. The average molecular weight is 328 g/mol. The molecular weight excluding hydrogens is 311 g/mol. The SMILES string of the molecule is [CuH][PH](c1ccccc1)(c1ccccc1)c1ccccc1. The van der Waals surface area contributed by atoms with Gasteiger partial charge in [-0.1, -0.05) is 0 Å². The molecule has 0 heterocycles. The molecule has 0 unspecified atom stereocenters. The Morgan fingerprint density at radius 2 is 0.700 bits per heavy atom. The zero-order chi connectivity index (χ0) is 13.8. The molecule has 20 heavy (non-hydrogen) atoms. The first-order valence-corrected chi connectivity index (χ1v) is 9.94. The van der Waals surface area contributed by atoms with Crippen LogP contribution >= 0.6 is 5.95 Å². The van der Waals surface area contributed by atoms with Gasteiger partial charge in [-0.05, 0) is 0 Å². The summed E-state index contributed by atoms with van der Waals surface area (Å²) in [6.07, 6.45) is 0. The molecule has 0 aliphatic carbocycles. The van der Waals surface area contributed by atoms with Crippen molar-refractivity contribution < 1.29 is 15.6 Å². The normalized spacial score (nSPS) is 12.1. The average Bonchev–Trinajstić information content (AvgIpc) is 2.56. The molecule has 0 atom stereocenters. The Hall–Kier alpha value is -1.39. The van der Waals surface area contributed by atoms with Crippen LogP contribution in [-0.4, -0.2) is 0 Å². The molecule has 0 saturated carbocycles. The third kappa shape index (κ3) is 2.45. The first kappa shape index (κ1) is 13.6. The van der Waals surface area contributed by atoms with E-state index in [9.17, 15) is 0 Å². The maximum absolute atomic E-state index is 5.86. The Balaban J connectivity index is 2.24. The molecular formula is C18H17CuP. The van der Waals surface area contributed by atoms with Crippen LogP contribution in [0.5, 0.6) is 0 Å². The fourth-order valence-electron chi connectivity index (χ4n) is 2.47. The third-order valence-corrected chi connectivity index (χ3v) is 9.31. The fourth-order valence-corrected chi connectivity index (χ4v) is 6.85. The summed E-state index contributed by atoms with van der Waals surface area (Å²) in [5.41, 5.74) is 0. The van der Waals surface area contributed by atoms with Crippen LogP contribution in [0.15, 0.2) is 91.0 Å². The molecule has 0 saturated heterocycles. The van der Waals surface area contributed by atoms with Crippen LogP contribution in [0.3, 0.4) is 0 Å². The van der Waals surface area contributed by atoms with Gasteiger partial charge in [0.1, 0.15) is 0 Å². The van der Waals surface area contributed by atoms with Crippen molar-refractivity contribution in [1.29, 1.82) is 0 Å². The molecule has 0 radical (unpaired) electrons. The molecule has 0 bridgehead atoms. The molecule has 0 amide bonds. The van der Waals surface area contributed by atoms with Gasteiger partial charge in [-0.15, -0.1) is 0 Å². The van der Waals surface area contributed by atoms with Crippen molar-refractivity contribution >= 4 is 21.9 Å². The van der Waals surface area contributed by atoms with Crippen molar-refractivity contribution in [3.05, 3.63) is 91.0 Å². The van der Waals surface area contributed by atoms with Gasteiger partial charge in [0.15, 0.2) is 0 Å². The van der Waals surface area contributed by atoms with E-state index in [4.69, 9.17) is 15.6 Å². The summed E-state index contributed by atoms with van der Waals surface area (Å²) in [5, 5.41) is 3.87. The molecule has 0 spiro atoms. The summed E-state index contributed by atoms with van der Waals surface area (Å²) in [5.74, 6) is -2.25. The Labute approximate surface area is 128 Å². The van der Waals surface area contributed by atoms with Crippen molar-refractivity contribution in [3.8, 4) is 0 Å². The molecule has 3 rings (SSSR count). The summed E-state index contributed by atoms with van der Waals surface area (Å²) in [7, 11) is 0. The zero-order valence-electron chi connectivity index (χ0n) is 11.0. The fraction of sp³-hybridized carbons (Fsp3) is 0. The van der Waals surface area contributed by atoms with Crippen LogP contribution in [0, 0.1) is 0 Å². The standard InChI is InChI=1S/C18H15P.Cu.H/c1-4-10-16(11-5-1)19(17-12-6-2-7-13-17)18-14-8-3-9-15-18;;/h1-15H;;/q;-1;/p+1. The predicted octanol–water partition coefficient (Wildman–Crippen LogP) is 2.91. The first-order chi connectivity index (χ1) is 9.82. The molecule has 0 aliphatic heterocycles. The van der Waals surface area contributed by atoms with Crippen LogP contribution in [-0.2, 0) is 15.6 Å². The monoisotopic (exact) mass is 327 g/mol. The van der Waals surface area contributed by atoms with Crippen molar-refractivity contribution in [2.75, 3.05) is 0 Å². The molecule has 3 aromatic rings. The molecule has 0 fully saturated rings. The molecule has 105 valence electrons. The summed E-state index contributed by atoms with van der Waals surface area (Å²) in [4.78, 5) is 0. The summed E-state index contributed by atoms with van der Waals surface area (Å²) in [6, 6.07) is 31.7. The third-order valence-electron chi connectivity index (χ3n) is 3.46. The van der Waals surface area contributed by atoms with Gasteiger partial charge in [-0.3, -0.25) is 0 Å². The first-order valence-electron chi connectivity index (χ1n) is 6.64. The van der Waals surface area contributed by atoms with Crippen molar-refractivity contribution in [2.45, 2.75) is 0 Å². The molecule has 0 aromatic heterocycles. The van der Waals surface area contributed by atoms with Gasteiger partial charge in [-0.25, -0.2) is 0 Å². The maximum atomic E-state index is 5.86. The number of rotatable bonds is 3. The van der Waals surface area contributed by atoms with Crippen LogP contribution in [0.1, 0.15) is 0 Å². The van der Waals surface area contributed by atoms with E-state index >= 15 is 0 Å². The van der Waals surface area contributed by atoms with E-state index in [0.29, 0.717) is 0 Å². The summed E-state index contributed by atoms with van der Waals surface area (Å²) in [6.45, 7) is 0. The van der Waals surface area contributed by atoms with Gasteiger partial charge in [0.05, 0.1) is 0 Å². The van der Waals surface area contributed by atoms with Crippen molar-refractivity contribution in [3.63, 3.8) is 0 Å². The van der Waals surface area contributed by atoms with Crippen LogP contribution in [0.25, 0.3) is 0 Å². The topological polar surface area (TPSA) is 0 Å². The van der Waals surface area contributed by atoms with Crippen LogP contribution < -0.4 is 15.9 Å². The Kier molecular flexibility index (Phi) is 4.03.